The van der Waals surface area contributed by atoms with Crippen molar-refractivity contribution in [3.63, 3.8) is 0 Å². The van der Waals surface area contributed by atoms with E-state index >= 15 is 0 Å². The topological polar surface area (TPSA) is 154 Å². The summed E-state index contributed by atoms with van der Waals surface area (Å²) in [5.41, 5.74) is 7.06. The van der Waals surface area contributed by atoms with Crippen molar-refractivity contribution in [2.75, 3.05) is 18.5 Å². The van der Waals surface area contributed by atoms with Crippen molar-refractivity contribution >= 4 is 23.5 Å². The molecule has 0 atom stereocenters. The smallest absolute Gasteiger partial charge is 0.316 e. The predicted octanol–water partition coefficient (Wildman–Crippen LogP) is 4.06. The molecule has 2 aromatic carbocycles. The van der Waals surface area contributed by atoms with Crippen LogP contribution in [0, 0.1) is 11.2 Å². The van der Waals surface area contributed by atoms with E-state index in [9.17, 15) is 14.0 Å². The van der Waals surface area contributed by atoms with Crippen LogP contribution in [0.3, 0.4) is 0 Å². The first-order valence-corrected chi connectivity index (χ1v) is 12.9. The molecule has 1 amide bonds. The summed E-state index contributed by atoms with van der Waals surface area (Å²) in [6.07, 6.45) is 1.22. The van der Waals surface area contributed by atoms with Crippen molar-refractivity contribution in [2.24, 2.45) is 11.1 Å². The molecule has 4 aromatic rings. The van der Waals surface area contributed by atoms with Gasteiger partial charge < -0.3 is 30.2 Å². The minimum Gasteiger partial charge on any atom is -0.462 e. The van der Waals surface area contributed by atoms with Crippen molar-refractivity contribution in [3.8, 4) is 22.6 Å². The number of hydrogen-bond donors (Lipinski definition) is 3. The molecule has 41 heavy (non-hydrogen) atoms. The van der Waals surface area contributed by atoms with Gasteiger partial charge in [-0.1, -0.05) is 18.2 Å². The molecular weight excluding hydrogens is 531 g/mol. The van der Waals surface area contributed by atoms with Gasteiger partial charge >= 0.3 is 11.8 Å². The Morgan fingerprint density at radius 2 is 1.73 bits per heavy atom. The molecule has 1 fully saturated rings. The van der Waals surface area contributed by atoms with Gasteiger partial charge in [-0.15, -0.1) is 0 Å². The van der Waals surface area contributed by atoms with Crippen LogP contribution in [0.15, 0.2) is 66.9 Å². The van der Waals surface area contributed by atoms with Gasteiger partial charge in [0.2, 0.25) is 5.95 Å². The molecule has 1 aliphatic heterocycles. The Balaban J connectivity index is 1.55. The summed E-state index contributed by atoms with van der Waals surface area (Å²) in [6.45, 7) is 4.63. The molecule has 11 nitrogen and oxygen atoms in total. The number of imidazole rings is 1. The lowest BCUT2D eigenvalue weighted by atomic mass is 9.91. The molecule has 3 heterocycles. The minimum absolute atomic E-state index is 0.0604. The summed E-state index contributed by atoms with van der Waals surface area (Å²) in [7, 11) is 0. The third-order valence-electron chi connectivity index (χ3n) is 6.42. The number of halogens is 1. The molecule has 1 saturated heterocycles. The van der Waals surface area contributed by atoms with Gasteiger partial charge in [0.15, 0.2) is 5.82 Å². The molecule has 12 heteroatoms. The molecule has 5 rings (SSSR count). The van der Waals surface area contributed by atoms with Gasteiger partial charge in [-0.05, 0) is 63.2 Å². The molecule has 0 radical (unpaired) electrons. The van der Waals surface area contributed by atoms with Crippen LogP contribution < -0.4 is 11.1 Å². The van der Waals surface area contributed by atoms with Crippen molar-refractivity contribution in [3.05, 3.63) is 78.5 Å². The van der Waals surface area contributed by atoms with Gasteiger partial charge in [-0.2, -0.15) is 0 Å². The average Bonchev–Trinajstić information content (AvgIpc) is 3.40. The first kappa shape index (κ1) is 27.9. The third kappa shape index (κ3) is 5.65. The number of H-pyrrole nitrogens is 1. The van der Waals surface area contributed by atoms with Gasteiger partial charge in [0.05, 0.1) is 36.4 Å². The second-order valence-corrected chi connectivity index (χ2v) is 10.1. The highest BCUT2D eigenvalue weighted by molar-refractivity contribution is 5.85. The van der Waals surface area contributed by atoms with Gasteiger partial charge in [-0.3, -0.25) is 9.59 Å². The first-order chi connectivity index (χ1) is 19.6. The summed E-state index contributed by atoms with van der Waals surface area (Å²) < 4.78 is 30.9. The van der Waals surface area contributed by atoms with Crippen molar-refractivity contribution in [1.82, 2.24) is 19.9 Å². The maximum atomic E-state index is 13.8. The normalized spacial score (nSPS) is 20.5. The Kier molecular flexibility index (Phi) is 7.52. The Bertz CT molecular complexity index is 1550. The number of ether oxygens (including phenoxy) is 3. The Labute approximate surface area is 235 Å². The number of rotatable bonds is 8. The maximum absolute atomic E-state index is 13.8. The van der Waals surface area contributed by atoms with E-state index in [1.807, 2.05) is 30.3 Å². The summed E-state index contributed by atoms with van der Waals surface area (Å²) in [5, 5.41) is 3.14. The highest BCUT2D eigenvalue weighted by Gasteiger charge is 2.54. The molecule has 4 N–H and O–H groups in total. The number of aromatic amines is 1. The van der Waals surface area contributed by atoms with Gasteiger partial charge in [-0.25, -0.2) is 19.3 Å². The fourth-order valence-corrected chi connectivity index (χ4v) is 4.21. The summed E-state index contributed by atoms with van der Waals surface area (Å²) in [6, 6.07) is 16.7. The van der Waals surface area contributed by atoms with Gasteiger partial charge in [0.1, 0.15) is 11.2 Å². The predicted molar refractivity (Wildman–Crippen MR) is 147 cm³/mol. The summed E-state index contributed by atoms with van der Waals surface area (Å²) in [4.78, 5) is 42.2. The highest BCUT2D eigenvalue weighted by Crippen LogP contribution is 2.39. The van der Waals surface area contributed by atoms with Crippen molar-refractivity contribution < 1.29 is 28.2 Å². The van der Waals surface area contributed by atoms with Crippen molar-refractivity contribution in [2.45, 2.75) is 32.7 Å². The quantitative estimate of drug-likeness (QED) is 0.271. The first-order valence-electron chi connectivity index (χ1n) is 12.9. The van der Waals surface area contributed by atoms with E-state index in [-0.39, 0.29) is 25.1 Å². The number of amides is 1. The van der Waals surface area contributed by atoms with Crippen LogP contribution in [-0.4, -0.2) is 51.1 Å². The van der Waals surface area contributed by atoms with E-state index in [2.05, 4.69) is 25.3 Å². The largest absolute Gasteiger partial charge is 0.462 e. The van der Waals surface area contributed by atoms with Crippen LogP contribution in [0.25, 0.3) is 22.6 Å². The van der Waals surface area contributed by atoms with Crippen LogP contribution in [-0.2, 0) is 29.6 Å². The maximum Gasteiger partial charge on any atom is 0.316 e. The molecule has 0 aliphatic carbocycles. The second kappa shape index (κ2) is 11.1. The number of esters is 1. The van der Waals surface area contributed by atoms with E-state index in [0.29, 0.717) is 28.6 Å². The zero-order valence-corrected chi connectivity index (χ0v) is 22.7. The van der Waals surface area contributed by atoms with E-state index in [1.165, 1.54) is 12.1 Å². The van der Waals surface area contributed by atoms with Crippen LogP contribution in [0.4, 0.5) is 16.0 Å². The molecule has 212 valence electrons. The fourth-order valence-electron chi connectivity index (χ4n) is 4.21. The van der Waals surface area contributed by atoms with E-state index < -0.39 is 28.9 Å². The molecule has 0 saturated carbocycles. The Hall–Kier alpha value is -4.68. The van der Waals surface area contributed by atoms with Crippen LogP contribution in [0.1, 0.15) is 26.6 Å². The molecule has 0 unspecified atom stereocenters. The number of anilines is 2. The SMILES string of the molecule is CC(C)OC(=O)C1(C)COC(C(N)=O)(c2nc(-c3ccc(F)cc3)c(-c3ccnc(Nc4ccccc4)n3)[nH]2)OC1. The zero-order valence-electron chi connectivity index (χ0n) is 22.7. The number of nitrogens with one attached hydrogen (secondary N) is 2. The number of primary amides is 1. The third-order valence-corrected chi connectivity index (χ3v) is 6.42. The van der Waals surface area contributed by atoms with E-state index in [1.54, 1.807) is 45.2 Å². The van der Waals surface area contributed by atoms with Gasteiger partial charge in [0.25, 0.3) is 5.91 Å². The lowest BCUT2D eigenvalue weighted by Crippen LogP contribution is -2.56. The molecule has 0 spiro atoms. The highest BCUT2D eigenvalue weighted by atomic mass is 19.1. The van der Waals surface area contributed by atoms with E-state index in [0.717, 1.165) is 5.69 Å². The number of benzene rings is 2. The number of hydrogen-bond acceptors (Lipinski definition) is 9. The number of nitrogens with two attached hydrogens (primary N) is 1. The second-order valence-electron chi connectivity index (χ2n) is 10.1. The Morgan fingerprint density at radius 1 is 1.05 bits per heavy atom. The lowest BCUT2D eigenvalue weighted by Gasteiger charge is -2.40. The number of aromatic nitrogens is 4. The monoisotopic (exact) mass is 560 g/mol. The van der Waals surface area contributed by atoms with Gasteiger partial charge in [0, 0.05) is 17.4 Å². The number of para-hydroxylation sites is 1. The summed E-state index contributed by atoms with van der Waals surface area (Å²) >= 11 is 0. The van der Waals surface area contributed by atoms with Crippen LogP contribution >= 0.6 is 0 Å². The number of carbonyl (C=O) groups excluding carboxylic acids is 2. The molecular formula is C29H29FN6O5. The minimum atomic E-state index is -2.14. The number of carbonyl (C=O) groups is 2. The standard InChI is InChI=1S/C29H29FN6O5/c1-17(2)41-26(38)28(3)15-39-29(24(31)37,40-16-28)25-35-22(18-9-11-19(30)12-10-18)23(36-25)21-13-14-32-27(34-21)33-20-7-5-4-6-8-20/h4-14,17H,15-16H2,1-3H3,(H2,31,37)(H,35,36)(H,32,33,34). The lowest BCUT2D eigenvalue weighted by molar-refractivity contribution is -0.294. The number of nitrogens with zero attached hydrogens (tertiary/aromatic N) is 3. The molecule has 1 aliphatic rings. The molecule has 2 aromatic heterocycles. The van der Waals surface area contributed by atoms with Crippen molar-refractivity contribution in [1.29, 1.82) is 0 Å². The fraction of sp³-hybridized carbons (Fsp3) is 0.276. The Morgan fingerprint density at radius 3 is 2.37 bits per heavy atom. The van der Waals surface area contributed by atoms with E-state index in [4.69, 9.17) is 19.9 Å². The average molecular weight is 561 g/mol. The zero-order chi connectivity index (χ0) is 29.2. The van der Waals surface area contributed by atoms with Crippen LogP contribution in [0.5, 0.6) is 0 Å². The summed E-state index contributed by atoms with van der Waals surface area (Å²) in [5.74, 6) is -3.82. The van der Waals surface area contributed by atoms with Crippen LogP contribution in [0.2, 0.25) is 0 Å². The molecule has 0 bridgehead atoms.